The maximum Gasteiger partial charge on any atom is 0.241 e. The highest BCUT2D eigenvalue weighted by Crippen LogP contribution is 2.17. The van der Waals surface area contributed by atoms with Crippen LogP contribution in [0.15, 0.2) is 29.2 Å². The number of hydrogen-bond donors (Lipinski definition) is 2. The van der Waals surface area contributed by atoms with Crippen LogP contribution in [0.2, 0.25) is 0 Å². The largest absolute Gasteiger partial charge is 0.491 e. The average Bonchev–Trinajstić information content (AvgIpc) is 2.38. The standard InChI is InChI=1S/C13H22N2O4S/c1-13(2,10-14)15-20(16,17)12-6-4-11(5-7-12)19-9-8-18-3/h4-7,15H,8-10,14H2,1-3H3. The van der Waals surface area contributed by atoms with Crippen LogP contribution in [0, 0.1) is 0 Å². The summed E-state index contributed by atoms with van der Waals surface area (Å²) in [5.74, 6) is 0.596. The van der Waals surface area contributed by atoms with Crippen molar-refractivity contribution in [2.45, 2.75) is 24.3 Å². The molecule has 0 amide bonds. The van der Waals surface area contributed by atoms with Gasteiger partial charge < -0.3 is 15.2 Å². The van der Waals surface area contributed by atoms with Crippen LogP contribution in [0.1, 0.15) is 13.8 Å². The van der Waals surface area contributed by atoms with Crippen LogP contribution in [0.25, 0.3) is 0 Å². The molecule has 0 spiro atoms. The Kier molecular flexibility index (Phi) is 5.94. The van der Waals surface area contributed by atoms with E-state index < -0.39 is 15.6 Å². The Morgan fingerprint density at radius 3 is 2.30 bits per heavy atom. The van der Waals surface area contributed by atoms with Crippen LogP contribution >= 0.6 is 0 Å². The van der Waals surface area contributed by atoms with Gasteiger partial charge in [-0.15, -0.1) is 0 Å². The van der Waals surface area contributed by atoms with Crippen LogP contribution in [0.5, 0.6) is 5.75 Å². The summed E-state index contributed by atoms with van der Waals surface area (Å²) in [6.45, 7) is 4.57. The van der Waals surface area contributed by atoms with Crippen molar-refractivity contribution in [1.29, 1.82) is 0 Å². The second-order valence-corrected chi connectivity index (χ2v) is 6.69. The fraction of sp³-hybridized carbons (Fsp3) is 0.538. The summed E-state index contributed by atoms with van der Waals surface area (Å²) in [6, 6.07) is 6.22. The van der Waals surface area contributed by atoms with E-state index in [9.17, 15) is 8.42 Å². The molecule has 0 aliphatic carbocycles. The number of nitrogens with one attached hydrogen (secondary N) is 1. The Morgan fingerprint density at radius 2 is 1.80 bits per heavy atom. The van der Waals surface area contributed by atoms with Crippen LogP contribution in [-0.2, 0) is 14.8 Å². The number of rotatable bonds is 8. The Bertz CT molecular complexity index is 512. The predicted molar refractivity (Wildman–Crippen MR) is 77.3 cm³/mol. The van der Waals surface area contributed by atoms with Crippen LogP contribution in [0.4, 0.5) is 0 Å². The zero-order valence-corrected chi connectivity index (χ0v) is 12.9. The van der Waals surface area contributed by atoms with Gasteiger partial charge in [-0.05, 0) is 38.1 Å². The first-order valence-corrected chi connectivity index (χ1v) is 7.75. The lowest BCUT2D eigenvalue weighted by Gasteiger charge is -2.23. The van der Waals surface area contributed by atoms with Crippen molar-refractivity contribution < 1.29 is 17.9 Å². The molecule has 0 radical (unpaired) electrons. The van der Waals surface area contributed by atoms with Crippen molar-refractivity contribution in [3.63, 3.8) is 0 Å². The second-order valence-electron chi connectivity index (χ2n) is 5.01. The van der Waals surface area contributed by atoms with Crippen molar-refractivity contribution in [3.05, 3.63) is 24.3 Å². The van der Waals surface area contributed by atoms with Crippen LogP contribution < -0.4 is 15.2 Å². The fourth-order valence-corrected chi connectivity index (χ4v) is 2.85. The van der Waals surface area contributed by atoms with Gasteiger partial charge in [0.1, 0.15) is 12.4 Å². The zero-order valence-electron chi connectivity index (χ0n) is 12.0. The molecule has 0 aliphatic rings. The minimum absolute atomic E-state index is 0.179. The van der Waals surface area contributed by atoms with Gasteiger partial charge in [-0.2, -0.15) is 0 Å². The molecule has 0 saturated carbocycles. The van der Waals surface area contributed by atoms with Crippen molar-refractivity contribution in [1.82, 2.24) is 4.72 Å². The number of nitrogens with two attached hydrogens (primary N) is 1. The molecule has 1 aromatic rings. The van der Waals surface area contributed by atoms with Gasteiger partial charge in [0.15, 0.2) is 0 Å². The van der Waals surface area contributed by atoms with Gasteiger partial charge >= 0.3 is 0 Å². The number of sulfonamides is 1. The minimum Gasteiger partial charge on any atom is -0.491 e. The highest BCUT2D eigenvalue weighted by molar-refractivity contribution is 7.89. The van der Waals surface area contributed by atoms with E-state index in [1.165, 1.54) is 12.1 Å². The molecule has 114 valence electrons. The van der Waals surface area contributed by atoms with Crippen molar-refractivity contribution in [2.75, 3.05) is 26.9 Å². The average molecular weight is 302 g/mol. The Morgan fingerprint density at radius 1 is 1.20 bits per heavy atom. The summed E-state index contributed by atoms with van der Waals surface area (Å²) < 4.78 is 37.1. The van der Waals surface area contributed by atoms with Crippen molar-refractivity contribution in [3.8, 4) is 5.75 Å². The maximum atomic E-state index is 12.2. The molecular formula is C13H22N2O4S. The molecule has 1 rings (SSSR count). The topological polar surface area (TPSA) is 90.6 Å². The Balaban J connectivity index is 2.77. The summed E-state index contributed by atoms with van der Waals surface area (Å²) in [7, 11) is -2.00. The monoisotopic (exact) mass is 302 g/mol. The second kappa shape index (κ2) is 7.03. The fourth-order valence-electron chi connectivity index (χ4n) is 1.42. The van der Waals surface area contributed by atoms with E-state index in [0.717, 1.165) is 0 Å². The molecule has 0 heterocycles. The van der Waals surface area contributed by atoms with E-state index in [1.807, 2.05) is 0 Å². The van der Waals surface area contributed by atoms with Gasteiger partial charge in [0.05, 0.1) is 11.5 Å². The van der Waals surface area contributed by atoms with Gasteiger partial charge in [0.2, 0.25) is 10.0 Å². The zero-order chi connectivity index (χ0) is 15.2. The smallest absolute Gasteiger partial charge is 0.241 e. The lowest BCUT2D eigenvalue weighted by Crippen LogP contribution is -2.48. The van der Waals surface area contributed by atoms with E-state index in [4.69, 9.17) is 15.2 Å². The maximum absolute atomic E-state index is 12.2. The molecule has 3 N–H and O–H groups in total. The molecule has 7 heteroatoms. The van der Waals surface area contributed by atoms with Gasteiger partial charge in [-0.3, -0.25) is 0 Å². The number of hydrogen-bond acceptors (Lipinski definition) is 5. The van der Waals surface area contributed by atoms with Gasteiger partial charge in [0, 0.05) is 19.2 Å². The van der Waals surface area contributed by atoms with Crippen LogP contribution in [0.3, 0.4) is 0 Å². The summed E-state index contributed by atoms with van der Waals surface area (Å²) in [5, 5.41) is 0. The molecule has 0 unspecified atom stereocenters. The normalized spacial score (nSPS) is 12.4. The highest BCUT2D eigenvalue weighted by atomic mass is 32.2. The highest BCUT2D eigenvalue weighted by Gasteiger charge is 2.24. The molecule has 0 fully saturated rings. The van der Waals surface area contributed by atoms with Gasteiger partial charge in [-0.1, -0.05) is 0 Å². The molecular weight excluding hydrogens is 280 g/mol. The number of methoxy groups -OCH3 is 1. The summed E-state index contributed by atoms with van der Waals surface area (Å²) in [4.78, 5) is 0.179. The molecule has 0 aromatic heterocycles. The lowest BCUT2D eigenvalue weighted by molar-refractivity contribution is 0.146. The molecule has 0 saturated heterocycles. The third-order valence-electron chi connectivity index (χ3n) is 2.61. The first kappa shape index (κ1) is 16.9. The minimum atomic E-state index is -3.58. The molecule has 0 aliphatic heterocycles. The molecule has 0 atom stereocenters. The third kappa shape index (κ3) is 5.09. The Labute approximate surface area is 120 Å². The molecule has 20 heavy (non-hydrogen) atoms. The van der Waals surface area contributed by atoms with E-state index in [-0.39, 0.29) is 11.4 Å². The SMILES string of the molecule is COCCOc1ccc(S(=O)(=O)NC(C)(C)CN)cc1. The van der Waals surface area contributed by atoms with Crippen molar-refractivity contribution >= 4 is 10.0 Å². The number of ether oxygens (including phenoxy) is 2. The lowest BCUT2D eigenvalue weighted by atomic mass is 10.1. The quantitative estimate of drug-likeness (QED) is 0.691. The van der Waals surface area contributed by atoms with E-state index in [2.05, 4.69) is 4.72 Å². The predicted octanol–water partition coefficient (Wildman–Crippen LogP) is 0.727. The first-order valence-electron chi connectivity index (χ1n) is 6.26. The summed E-state index contributed by atoms with van der Waals surface area (Å²) in [5.41, 5.74) is 4.84. The first-order chi connectivity index (χ1) is 9.30. The summed E-state index contributed by atoms with van der Waals surface area (Å²) in [6.07, 6.45) is 0. The van der Waals surface area contributed by atoms with E-state index in [1.54, 1.807) is 33.1 Å². The van der Waals surface area contributed by atoms with Gasteiger partial charge in [-0.25, -0.2) is 13.1 Å². The van der Waals surface area contributed by atoms with E-state index in [0.29, 0.717) is 19.0 Å². The number of benzene rings is 1. The molecule has 0 bridgehead atoms. The summed E-state index contributed by atoms with van der Waals surface area (Å²) >= 11 is 0. The Hall–Kier alpha value is -1.15. The third-order valence-corrected chi connectivity index (χ3v) is 4.33. The van der Waals surface area contributed by atoms with Gasteiger partial charge in [0.25, 0.3) is 0 Å². The van der Waals surface area contributed by atoms with Crippen molar-refractivity contribution in [2.24, 2.45) is 5.73 Å². The molecule has 6 nitrogen and oxygen atoms in total. The molecule has 1 aromatic carbocycles. The van der Waals surface area contributed by atoms with Crippen LogP contribution in [-0.4, -0.2) is 40.8 Å². The van der Waals surface area contributed by atoms with E-state index >= 15 is 0 Å².